The van der Waals surface area contributed by atoms with Crippen molar-refractivity contribution in [3.05, 3.63) is 97.1 Å². The molecule has 0 spiro atoms. The fourth-order valence-electron chi connectivity index (χ4n) is 6.02. The van der Waals surface area contributed by atoms with E-state index in [0.717, 1.165) is 21.9 Å². The summed E-state index contributed by atoms with van der Waals surface area (Å²) in [6.45, 7) is 0. The highest BCUT2D eigenvalue weighted by atomic mass is 16.4. The first-order valence-electron chi connectivity index (χ1n) is 13.6. The molecule has 8 heteroatoms. The summed E-state index contributed by atoms with van der Waals surface area (Å²) < 4.78 is 0. The summed E-state index contributed by atoms with van der Waals surface area (Å²) in [6.07, 6.45) is 0. The summed E-state index contributed by atoms with van der Waals surface area (Å²) in [5, 5.41) is 89.2. The second kappa shape index (κ2) is 9.64. The summed E-state index contributed by atoms with van der Waals surface area (Å²) in [4.78, 5) is 0. The van der Waals surface area contributed by atoms with Gasteiger partial charge in [0.05, 0.1) is 0 Å². The van der Waals surface area contributed by atoms with E-state index in [1.807, 2.05) is 48.5 Å². The monoisotopic (exact) mass is 584 g/mol. The van der Waals surface area contributed by atoms with Crippen molar-refractivity contribution < 1.29 is 40.9 Å². The minimum atomic E-state index is -1.01. The number of phenols is 8. The first kappa shape index (κ1) is 26.6. The third-order valence-electron chi connectivity index (χ3n) is 8.09. The van der Waals surface area contributed by atoms with Gasteiger partial charge in [0.2, 0.25) is 23.0 Å². The van der Waals surface area contributed by atoms with Crippen LogP contribution in [0.4, 0.5) is 0 Å². The van der Waals surface area contributed by atoms with Gasteiger partial charge in [-0.15, -0.1) is 0 Å². The maximum Gasteiger partial charge on any atom is 0.204 e. The van der Waals surface area contributed by atoms with E-state index in [1.165, 1.54) is 0 Å². The smallest absolute Gasteiger partial charge is 0.204 e. The average molecular weight is 585 g/mol. The molecule has 0 amide bonds. The van der Waals surface area contributed by atoms with E-state index < -0.39 is 46.0 Å². The lowest BCUT2D eigenvalue weighted by Gasteiger charge is -2.22. The number of benzene rings is 7. The lowest BCUT2D eigenvalue weighted by molar-refractivity contribution is 0.350. The number of aromatic hydroxyl groups is 8. The van der Waals surface area contributed by atoms with Crippen LogP contribution in [0.5, 0.6) is 46.0 Å². The molecule has 0 saturated heterocycles. The van der Waals surface area contributed by atoms with Crippen LogP contribution in [-0.2, 0) is 0 Å². The van der Waals surface area contributed by atoms with Crippen LogP contribution in [0.1, 0.15) is 0 Å². The molecule has 0 aliphatic heterocycles. The molecule has 0 unspecified atom stereocenters. The minimum Gasteiger partial charge on any atom is -0.504 e. The predicted octanol–water partition coefficient (Wildman–Crippen LogP) is 7.79. The minimum absolute atomic E-state index is 0.00326. The van der Waals surface area contributed by atoms with Gasteiger partial charge in [0.1, 0.15) is 0 Å². The van der Waals surface area contributed by atoms with E-state index in [2.05, 4.69) is 0 Å². The van der Waals surface area contributed by atoms with Gasteiger partial charge >= 0.3 is 0 Å². The van der Waals surface area contributed by atoms with Crippen LogP contribution >= 0.6 is 0 Å². The molecule has 44 heavy (non-hydrogen) atoms. The van der Waals surface area contributed by atoms with Gasteiger partial charge in [0.25, 0.3) is 0 Å². The van der Waals surface area contributed by atoms with Crippen molar-refractivity contribution in [3.8, 4) is 79.4 Å². The van der Waals surface area contributed by atoms with Crippen molar-refractivity contribution >= 4 is 32.3 Å². The van der Waals surface area contributed by atoms with Gasteiger partial charge in [0.15, 0.2) is 23.0 Å². The highest BCUT2D eigenvalue weighted by Crippen LogP contribution is 2.61. The first-order chi connectivity index (χ1) is 21.2. The van der Waals surface area contributed by atoms with Crippen molar-refractivity contribution in [2.75, 3.05) is 0 Å². The van der Waals surface area contributed by atoms with Crippen LogP contribution in [-0.4, -0.2) is 40.9 Å². The van der Waals surface area contributed by atoms with Gasteiger partial charge < -0.3 is 40.9 Å². The molecule has 0 heterocycles. The fourth-order valence-corrected chi connectivity index (χ4v) is 6.02. The fraction of sp³-hybridized carbons (Fsp3) is 0. The van der Waals surface area contributed by atoms with Crippen molar-refractivity contribution in [1.82, 2.24) is 0 Å². The molecule has 8 nitrogen and oxygen atoms in total. The largest absolute Gasteiger partial charge is 0.504 e. The van der Waals surface area contributed by atoms with Gasteiger partial charge in [-0.05, 0) is 45.2 Å². The Kier molecular flexibility index (Phi) is 5.83. The van der Waals surface area contributed by atoms with Crippen LogP contribution in [0.3, 0.4) is 0 Å². The SMILES string of the molecule is Oc1c(O)c(O)c2c(-c3cccc(-c4ccc5ccccc5c4)c3)c3c(O)c(O)c(O)c(O)c3c(-c3ccccc3)c2c1O. The Morgan fingerprint density at radius 2 is 0.682 bits per heavy atom. The number of hydrogen-bond donors (Lipinski definition) is 8. The molecular formula is C36H24O8. The van der Waals surface area contributed by atoms with E-state index in [-0.39, 0.29) is 32.7 Å². The second-order valence-electron chi connectivity index (χ2n) is 10.5. The predicted molar refractivity (Wildman–Crippen MR) is 169 cm³/mol. The topological polar surface area (TPSA) is 162 Å². The second-order valence-corrected chi connectivity index (χ2v) is 10.5. The van der Waals surface area contributed by atoms with Gasteiger partial charge in [-0.2, -0.15) is 0 Å². The van der Waals surface area contributed by atoms with E-state index in [1.54, 1.807) is 48.5 Å². The molecular weight excluding hydrogens is 560 g/mol. The van der Waals surface area contributed by atoms with Crippen LogP contribution in [0.25, 0.3) is 65.7 Å². The third kappa shape index (κ3) is 3.71. The number of phenolic OH excluding ortho intramolecular Hbond substituents is 8. The zero-order valence-corrected chi connectivity index (χ0v) is 22.8. The molecule has 7 aromatic carbocycles. The quantitative estimate of drug-likeness (QED) is 0.0593. The number of rotatable bonds is 3. The molecule has 0 fully saturated rings. The summed E-state index contributed by atoms with van der Waals surface area (Å²) in [5.74, 6) is -7.27. The Hall–Kier alpha value is -6.28. The maximum atomic E-state index is 11.3. The maximum absolute atomic E-state index is 11.3. The zero-order chi connectivity index (χ0) is 30.9. The van der Waals surface area contributed by atoms with Gasteiger partial charge in [-0.3, -0.25) is 0 Å². The Morgan fingerprint density at radius 1 is 0.273 bits per heavy atom. The molecule has 0 saturated carbocycles. The molecule has 0 atom stereocenters. The summed E-state index contributed by atoms with van der Waals surface area (Å²) in [5.41, 5.74) is 2.31. The molecule has 7 rings (SSSR count). The molecule has 0 aromatic heterocycles. The lowest BCUT2D eigenvalue weighted by atomic mass is 9.83. The molecule has 7 aromatic rings. The number of hydrogen-bond acceptors (Lipinski definition) is 8. The lowest BCUT2D eigenvalue weighted by Crippen LogP contribution is -1.94. The normalized spacial score (nSPS) is 11.5. The van der Waals surface area contributed by atoms with Gasteiger partial charge in [-0.1, -0.05) is 84.9 Å². The van der Waals surface area contributed by atoms with Crippen LogP contribution < -0.4 is 0 Å². The first-order valence-corrected chi connectivity index (χ1v) is 13.6. The van der Waals surface area contributed by atoms with Gasteiger partial charge in [-0.25, -0.2) is 0 Å². The highest BCUT2D eigenvalue weighted by molar-refractivity contribution is 6.28. The zero-order valence-electron chi connectivity index (χ0n) is 22.8. The molecule has 0 aliphatic rings. The van der Waals surface area contributed by atoms with Crippen molar-refractivity contribution in [2.45, 2.75) is 0 Å². The highest BCUT2D eigenvalue weighted by Gasteiger charge is 2.32. The van der Waals surface area contributed by atoms with Crippen LogP contribution in [0, 0.1) is 0 Å². The van der Waals surface area contributed by atoms with Crippen molar-refractivity contribution in [2.24, 2.45) is 0 Å². The summed E-state index contributed by atoms with van der Waals surface area (Å²) in [6, 6.07) is 29.1. The third-order valence-corrected chi connectivity index (χ3v) is 8.09. The van der Waals surface area contributed by atoms with Gasteiger partial charge in [0, 0.05) is 32.7 Å². The van der Waals surface area contributed by atoms with E-state index in [0.29, 0.717) is 11.1 Å². The van der Waals surface area contributed by atoms with E-state index >= 15 is 0 Å². The van der Waals surface area contributed by atoms with Crippen LogP contribution in [0.15, 0.2) is 97.1 Å². The molecule has 0 bridgehead atoms. The van der Waals surface area contributed by atoms with Crippen LogP contribution in [0.2, 0.25) is 0 Å². The molecule has 8 N–H and O–H groups in total. The Morgan fingerprint density at radius 3 is 1.23 bits per heavy atom. The number of fused-ring (bicyclic) bond motifs is 3. The molecule has 0 aliphatic carbocycles. The summed E-state index contributed by atoms with van der Waals surface area (Å²) >= 11 is 0. The Labute approximate surface area is 249 Å². The molecule has 0 radical (unpaired) electrons. The van der Waals surface area contributed by atoms with E-state index in [4.69, 9.17) is 0 Å². The Balaban J connectivity index is 1.70. The van der Waals surface area contributed by atoms with Crippen molar-refractivity contribution in [1.29, 1.82) is 0 Å². The van der Waals surface area contributed by atoms with Crippen molar-refractivity contribution in [3.63, 3.8) is 0 Å². The standard InChI is InChI=1S/C36H24O8/c37-29-25-23(18-8-2-1-3-9-18)26-28(32(40)36(44)34(42)30(26)38)24(27(25)31(39)35(43)33(29)41)22-12-6-11-20(16-22)21-14-13-17-7-4-5-10-19(17)15-21/h1-16,37-44H. The molecule has 216 valence electrons. The summed E-state index contributed by atoms with van der Waals surface area (Å²) in [7, 11) is 0. The average Bonchev–Trinajstić information content (AvgIpc) is 3.06. The van der Waals surface area contributed by atoms with E-state index in [9.17, 15) is 40.9 Å². The Bertz CT molecular complexity index is 2230.